The molecule has 0 atom stereocenters. The lowest BCUT2D eigenvalue weighted by atomic mass is 10.1. The number of phenols is 1. The maximum absolute atomic E-state index is 11.7. The lowest BCUT2D eigenvalue weighted by molar-refractivity contribution is 0.0697. The highest BCUT2D eigenvalue weighted by Crippen LogP contribution is 2.34. The average molecular weight is 364 g/mol. The molecule has 0 aliphatic heterocycles. The first-order chi connectivity index (χ1) is 10.4. The minimum absolute atomic E-state index is 0.0194. The molecule has 0 bridgehead atoms. The summed E-state index contributed by atoms with van der Waals surface area (Å²) in [6, 6.07) is 3.20. The Kier molecular flexibility index (Phi) is 3.44. The van der Waals surface area contributed by atoms with Gasteiger partial charge in [0.2, 0.25) is 0 Å². The van der Waals surface area contributed by atoms with Crippen LogP contribution < -0.4 is 0 Å². The largest absolute Gasteiger partial charge is 0.507 e. The molecule has 22 heavy (non-hydrogen) atoms. The number of aromatic carboxylic acids is 1. The van der Waals surface area contributed by atoms with Gasteiger partial charge >= 0.3 is 5.97 Å². The molecule has 0 amide bonds. The van der Waals surface area contributed by atoms with Crippen molar-refractivity contribution in [2.75, 3.05) is 0 Å². The van der Waals surface area contributed by atoms with E-state index in [9.17, 15) is 15.0 Å². The third-order valence-corrected chi connectivity index (χ3v) is 4.48. The molecule has 0 radical (unpaired) electrons. The van der Waals surface area contributed by atoms with Crippen LogP contribution in [-0.2, 0) is 13.6 Å². The molecule has 0 aliphatic carbocycles. The smallest absolute Gasteiger partial charge is 0.338 e. The summed E-state index contributed by atoms with van der Waals surface area (Å²) in [5.74, 6) is -0.184. The molecule has 114 valence electrons. The molecule has 1 aromatic carbocycles. The molecular formula is C15H14BrN3O3. The summed E-state index contributed by atoms with van der Waals surface area (Å²) in [5.41, 5.74) is 1.60. The number of carbonyl (C=O) groups is 1. The van der Waals surface area contributed by atoms with E-state index in [2.05, 4.69) is 20.9 Å². The number of benzene rings is 1. The Morgan fingerprint density at radius 2 is 2.14 bits per heavy atom. The highest BCUT2D eigenvalue weighted by atomic mass is 79.9. The van der Waals surface area contributed by atoms with Gasteiger partial charge in [0.15, 0.2) is 0 Å². The Labute approximate surface area is 134 Å². The molecule has 0 spiro atoms. The van der Waals surface area contributed by atoms with Crippen molar-refractivity contribution in [3.05, 3.63) is 46.1 Å². The van der Waals surface area contributed by atoms with Gasteiger partial charge < -0.3 is 19.3 Å². The number of aromatic hydroxyl groups is 1. The van der Waals surface area contributed by atoms with Gasteiger partial charge in [-0.1, -0.05) is 0 Å². The Hall–Kier alpha value is -2.28. The van der Waals surface area contributed by atoms with Crippen molar-refractivity contribution in [2.45, 2.75) is 13.5 Å². The topological polar surface area (TPSA) is 80.3 Å². The zero-order chi connectivity index (χ0) is 16.0. The molecule has 0 saturated heterocycles. The summed E-state index contributed by atoms with van der Waals surface area (Å²) < 4.78 is 4.25. The first kappa shape index (κ1) is 14.6. The Morgan fingerprint density at radius 3 is 2.73 bits per heavy atom. The summed E-state index contributed by atoms with van der Waals surface area (Å²) in [6.07, 6.45) is 3.49. The van der Waals surface area contributed by atoms with Crippen molar-refractivity contribution in [1.82, 2.24) is 14.1 Å². The lowest BCUT2D eigenvalue weighted by Gasteiger charge is -2.08. The molecule has 3 rings (SSSR count). The van der Waals surface area contributed by atoms with Crippen LogP contribution in [0.4, 0.5) is 0 Å². The fourth-order valence-corrected chi connectivity index (χ4v) is 2.98. The van der Waals surface area contributed by atoms with Gasteiger partial charge in [-0.3, -0.25) is 0 Å². The molecule has 0 fully saturated rings. The number of fused-ring (bicyclic) bond motifs is 1. The van der Waals surface area contributed by atoms with Crippen LogP contribution in [-0.4, -0.2) is 30.3 Å². The number of hydrogen-bond acceptors (Lipinski definition) is 3. The number of aromatic nitrogens is 3. The lowest BCUT2D eigenvalue weighted by Crippen LogP contribution is -2.10. The van der Waals surface area contributed by atoms with Crippen molar-refractivity contribution < 1.29 is 15.0 Å². The van der Waals surface area contributed by atoms with Crippen molar-refractivity contribution >= 4 is 32.8 Å². The SMILES string of the molecule is Cc1nccn1Cc1c(C(=O)O)c2cc(O)c(Br)cc2n1C. The predicted octanol–water partition coefficient (Wildman–Crippen LogP) is 2.90. The fourth-order valence-electron chi connectivity index (χ4n) is 2.65. The van der Waals surface area contributed by atoms with Crippen LogP contribution in [0.1, 0.15) is 21.9 Å². The second-order valence-corrected chi connectivity index (χ2v) is 5.96. The Balaban J connectivity index is 2.29. The van der Waals surface area contributed by atoms with E-state index < -0.39 is 5.97 Å². The minimum atomic E-state index is -1.01. The third-order valence-electron chi connectivity index (χ3n) is 3.85. The maximum Gasteiger partial charge on any atom is 0.338 e. The van der Waals surface area contributed by atoms with Gasteiger partial charge in [-0.05, 0) is 35.0 Å². The number of halogens is 1. The zero-order valence-corrected chi connectivity index (χ0v) is 13.6. The Bertz CT molecular complexity index is 895. The van der Waals surface area contributed by atoms with Crippen LogP contribution in [0.15, 0.2) is 29.0 Å². The van der Waals surface area contributed by atoms with Crippen molar-refractivity contribution in [3.8, 4) is 5.75 Å². The van der Waals surface area contributed by atoms with Gasteiger partial charge in [0.05, 0.1) is 27.8 Å². The molecule has 6 nitrogen and oxygen atoms in total. The summed E-state index contributed by atoms with van der Waals surface area (Å²) in [4.78, 5) is 15.9. The molecule has 2 N–H and O–H groups in total. The average Bonchev–Trinajstić information content (AvgIpc) is 2.96. The van der Waals surface area contributed by atoms with E-state index >= 15 is 0 Å². The third kappa shape index (κ3) is 2.18. The van der Waals surface area contributed by atoms with E-state index in [1.54, 1.807) is 12.3 Å². The number of phenolic OH excluding ortho intramolecular Hbond substituents is 1. The second-order valence-electron chi connectivity index (χ2n) is 5.11. The van der Waals surface area contributed by atoms with Gasteiger partial charge in [0, 0.05) is 24.8 Å². The van der Waals surface area contributed by atoms with Crippen LogP contribution in [0.25, 0.3) is 10.9 Å². The summed E-state index contributed by atoms with van der Waals surface area (Å²) in [6.45, 7) is 2.27. The van der Waals surface area contributed by atoms with E-state index in [1.165, 1.54) is 6.07 Å². The molecule has 0 aliphatic rings. The van der Waals surface area contributed by atoms with Crippen LogP contribution in [0, 0.1) is 6.92 Å². The van der Waals surface area contributed by atoms with E-state index in [-0.39, 0.29) is 11.3 Å². The molecule has 7 heteroatoms. The zero-order valence-electron chi connectivity index (χ0n) is 12.0. The monoisotopic (exact) mass is 363 g/mol. The number of carboxylic acids is 1. The molecule has 2 aromatic heterocycles. The van der Waals surface area contributed by atoms with E-state index in [0.717, 1.165) is 11.3 Å². The quantitative estimate of drug-likeness (QED) is 0.749. The number of rotatable bonds is 3. The van der Waals surface area contributed by atoms with Gasteiger partial charge in [0.25, 0.3) is 0 Å². The summed E-state index contributed by atoms with van der Waals surface area (Å²) in [5, 5.41) is 20.0. The standard InChI is InChI=1S/C15H14BrN3O3/c1-8-17-3-4-19(8)7-12-14(15(21)22)9-5-13(20)10(16)6-11(9)18(12)2/h3-6,20H,7H2,1-2H3,(H,21,22). The number of imidazole rings is 1. The second kappa shape index (κ2) is 5.17. The van der Waals surface area contributed by atoms with E-state index in [1.807, 2.05) is 29.3 Å². The van der Waals surface area contributed by atoms with Gasteiger partial charge in [-0.25, -0.2) is 9.78 Å². The molecule has 0 unspecified atom stereocenters. The minimum Gasteiger partial charge on any atom is -0.507 e. The molecule has 2 heterocycles. The summed E-state index contributed by atoms with van der Waals surface area (Å²) >= 11 is 3.27. The van der Waals surface area contributed by atoms with Crippen molar-refractivity contribution in [1.29, 1.82) is 0 Å². The molecule has 3 aromatic rings. The fraction of sp³-hybridized carbons (Fsp3) is 0.200. The number of carboxylic acid groups (broad SMARTS) is 1. The van der Waals surface area contributed by atoms with Crippen LogP contribution in [0.2, 0.25) is 0 Å². The highest BCUT2D eigenvalue weighted by molar-refractivity contribution is 9.10. The molecular weight excluding hydrogens is 350 g/mol. The predicted molar refractivity (Wildman–Crippen MR) is 85.3 cm³/mol. The Morgan fingerprint density at radius 1 is 1.41 bits per heavy atom. The maximum atomic E-state index is 11.7. The van der Waals surface area contributed by atoms with Crippen LogP contribution in [0.5, 0.6) is 5.75 Å². The van der Waals surface area contributed by atoms with Gasteiger partial charge in [0.1, 0.15) is 11.6 Å². The van der Waals surface area contributed by atoms with Crippen LogP contribution in [0.3, 0.4) is 0 Å². The van der Waals surface area contributed by atoms with Crippen molar-refractivity contribution in [2.24, 2.45) is 7.05 Å². The van der Waals surface area contributed by atoms with E-state index in [0.29, 0.717) is 22.1 Å². The van der Waals surface area contributed by atoms with E-state index in [4.69, 9.17) is 0 Å². The van der Waals surface area contributed by atoms with Crippen LogP contribution >= 0.6 is 15.9 Å². The first-order valence-corrected chi connectivity index (χ1v) is 7.40. The molecule has 0 saturated carbocycles. The number of nitrogens with zero attached hydrogens (tertiary/aromatic N) is 3. The first-order valence-electron chi connectivity index (χ1n) is 6.61. The normalized spacial score (nSPS) is 11.2. The highest BCUT2D eigenvalue weighted by Gasteiger charge is 2.22. The van der Waals surface area contributed by atoms with Gasteiger partial charge in [-0.15, -0.1) is 0 Å². The number of hydrogen-bond donors (Lipinski definition) is 2. The van der Waals surface area contributed by atoms with Gasteiger partial charge in [-0.2, -0.15) is 0 Å². The summed E-state index contributed by atoms with van der Waals surface area (Å²) in [7, 11) is 1.82. The van der Waals surface area contributed by atoms with Crippen molar-refractivity contribution in [3.63, 3.8) is 0 Å². The number of aryl methyl sites for hydroxylation is 2.